The van der Waals surface area contributed by atoms with E-state index in [1.807, 2.05) is 0 Å². The van der Waals surface area contributed by atoms with E-state index >= 15 is 0 Å². The molecule has 3 rings (SSSR count). The van der Waals surface area contributed by atoms with Crippen LogP contribution in [0, 0.1) is 0 Å². The number of carboxylic acids is 1. The van der Waals surface area contributed by atoms with Crippen LogP contribution >= 0.6 is 39.0 Å². The number of aliphatic carboxylic acids is 1. The van der Waals surface area contributed by atoms with Crippen LogP contribution in [0.3, 0.4) is 0 Å². The van der Waals surface area contributed by atoms with Gasteiger partial charge in [-0.3, -0.25) is 19.3 Å². The molecule has 0 radical (unpaired) electrons. The van der Waals surface area contributed by atoms with Crippen molar-refractivity contribution in [1.29, 1.82) is 0 Å². The molecule has 0 bridgehead atoms. The SMILES string of the molecule is CON=C(C(=O)NC1C(=O)N2C(C(=O)O)=CC(C)S[C@@H]12)c1nc(NC=O)sc1Br. The highest BCUT2D eigenvalue weighted by molar-refractivity contribution is 9.11. The molecule has 0 aliphatic carbocycles. The minimum atomic E-state index is -1.21. The van der Waals surface area contributed by atoms with Gasteiger partial charge < -0.3 is 20.6 Å². The van der Waals surface area contributed by atoms with Crippen molar-refractivity contribution in [2.45, 2.75) is 23.6 Å². The third-order valence-electron chi connectivity index (χ3n) is 3.95. The van der Waals surface area contributed by atoms with Gasteiger partial charge in [0.05, 0.1) is 0 Å². The molecule has 2 aliphatic heterocycles. The number of hydrogen-bond acceptors (Lipinski definition) is 9. The summed E-state index contributed by atoms with van der Waals surface area (Å²) < 4.78 is 0.422. The first-order valence-electron chi connectivity index (χ1n) is 8.01. The number of carbonyl (C=O) groups excluding carboxylic acids is 3. The molecule has 3 N–H and O–H groups in total. The fourth-order valence-electron chi connectivity index (χ4n) is 2.78. The van der Waals surface area contributed by atoms with E-state index in [0.29, 0.717) is 10.2 Å². The lowest BCUT2D eigenvalue weighted by molar-refractivity contribution is -0.150. The summed E-state index contributed by atoms with van der Waals surface area (Å²) in [6.45, 7) is 1.80. The van der Waals surface area contributed by atoms with E-state index in [4.69, 9.17) is 4.84 Å². The van der Waals surface area contributed by atoms with Crippen LogP contribution in [-0.4, -0.2) is 68.7 Å². The Morgan fingerprint density at radius 2 is 2.21 bits per heavy atom. The van der Waals surface area contributed by atoms with Crippen molar-refractivity contribution in [3.8, 4) is 0 Å². The molecule has 14 heteroatoms. The molecule has 0 spiro atoms. The van der Waals surface area contributed by atoms with Crippen LogP contribution in [0.1, 0.15) is 12.6 Å². The number of amides is 3. The van der Waals surface area contributed by atoms with Crippen molar-refractivity contribution in [3.05, 3.63) is 21.3 Å². The quantitative estimate of drug-likeness (QED) is 0.211. The number of oxime groups is 1. The minimum Gasteiger partial charge on any atom is -0.477 e. The maximum Gasteiger partial charge on any atom is 0.352 e. The number of β-lactam (4-membered cyclic amide) rings is 1. The van der Waals surface area contributed by atoms with Crippen LogP contribution in [0.15, 0.2) is 20.7 Å². The monoisotopic (exact) mass is 503 g/mol. The molecule has 2 aliphatic rings. The summed E-state index contributed by atoms with van der Waals surface area (Å²) in [6.07, 6.45) is 1.93. The first-order valence-corrected chi connectivity index (χ1v) is 10.6. The van der Waals surface area contributed by atoms with Crippen LogP contribution in [0.2, 0.25) is 0 Å². The number of thioether (sulfide) groups is 1. The zero-order chi connectivity index (χ0) is 21.3. The summed E-state index contributed by atoms with van der Waals surface area (Å²) in [5.41, 5.74) is -0.184. The highest BCUT2D eigenvalue weighted by atomic mass is 79.9. The normalized spacial score (nSPS) is 23.5. The number of nitrogens with one attached hydrogen (secondary N) is 2. The van der Waals surface area contributed by atoms with E-state index in [9.17, 15) is 24.3 Å². The average Bonchev–Trinajstić information content (AvgIpc) is 3.03. The van der Waals surface area contributed by atoms with E-state index in [1.54, 1.807) is 6.92 Å². The lowest BCUT2D eigenvalue weighted by Gasteiger charge is -2.49. The number of anilines is 1. The summed E-state index contributed by atoms with van der Waals surface area (Å²) in [5, 5.41) is 17.5. The maximum absolute atomic E-state index is 12.8. The van der Waals surface area contributed by atoms with Gasteiger partial charge in [0, 0.05) is 5.25 Å². The van der Waals surface area contributed by atoms with Crippen LogP contribution in [-0.2, 0) is 24.0 Å². The van der Waals surface area contributed by atoms with Crippen molar-refractivity contribution in [2.75, 3.05) is 12.4 Å². The van der Waals surface area contributed by atoms with Gasteiger partial charge in [0.25, 0.3) is 11.8 Å². The number of rotatable bonds is 7. The number of carbonyl (C=O) groups is 4. The zero-order valence-electron chi connectivity index (χ0n) is 14.9. The molecule has 0 saturated carbocycles. The number of aromatic nitrogens is 1. The van der Waals surface area contributed by atoms with Gasteiger partial charge in [-0.25, -0.2) is 9.78 Å². The average molecular weight is 504 g/mol. The Morgan fingerprint density at radius 1 is 1.48 bits per heavy atom. The second kappa shape index (κ2) is 8.51. The van der Waals surface area contributed by atoms with Gasteiger partial charge >= 0.3 is 5.97 Å². The van der Waals surface area contributed by atoms with Crippen LogP contribution in [0.5, 0.6) is 0 Å². The Hall–Kier alpha value is -2.45. The molecule has 3 heterocycles. The van der Waals surface area contributed by atoms with E-state index in [2.05, 4.69) is 36.7 Å². The lowest BCUT2D eigenvalue weighted by Crippen LogP contribution is -2.71. The van der Waals surface area contributed by atoms with Crippen molar-refractivity contribution in [2.24, 2.45) is 5.16 Å². The fourth-order valence-corrected chi connectivity index (χ4v) is 5.50. The molecule has 11 nitrogen and oxygen atoms in total. The Balaban J connectivity index is 1.81. The number of fused-ring (bicyclic) bond motifs is 1. The van der Waals surface area contributed by atoms with Gasteiger partial charge in [-0.15, -0.1) is 11.8 Å². The summed E-state index contributed by atoms with van der Waals surface area (Å²) in [4.78, 5) is 57.3. The van der Waals surface area contributed by atoms with Gasteiger partial charge in [0.1, 0.15) is 33.7 Å². The third-order valence-corrected chi connectivity index (χ3v) is 6.91. The predicted octanol–water partition coefficient (Wildman–Crippen LogP) is 0.581. The highest BCUT2D eigenvalue weighted by Crippen LogP contribution is 2.40. The number of thiazole rings is 1. The molecule has 1 saturated heterocycles. The predicted molar refractivity (Wildman–Crippen MR) is 108 cm³/mol. The van der Waals surface area contributed by atoms with Gasteiger partial charge in [-0.05, 0) is 28.9 Å². The van der Waals surface area contributed by atoms with Crippen molar-refractivity contribution in [3.63, 3.8) is 0 Å². The number of carboxylic acid groups (broad SMARTS) is 1. The second-order valence-electron chi connectivity index (χ2n) is 5.77. The summed E-state index contributed by atoms with van der Waals surface area (Å²) in [6, 6.07) is -0.926. The highest BCUT2D eigenvalue weighted by Gasteiger charge is 2.54. The largest absolute Gasteiger partial charge is 0.477 e. The Bertz CT molecular complexity index is 948. The third kappa shape index (κ3) is 4.00. The van der Waals surface area contributed by atoms with Gasteiger partial charge in [0.2, 0.25) is 6.41 Å². The molecular weight excluding hydrogens is 490 g/mol. The van der Waals surface area contributed by atoms with Gasteiger partial charge in [-0.2, -0.15) is 0 Å². The van der Waals surface area contributed by atoms with Crippen molar-refractivity contribution >= 4 is 74.1 Å². The summed E-state index contributed by atoms with van der Waals surface area (Å²) >= 11 is 5.67. The first-order chi connectivity index (χ1) is 13.8. The van der Waals surface area contributed by atoms with Gasteiger partial charge in [0.15, 0.2) is 10.8 Å². The molecule has 1 aromatic heterocycles. The fraction of sp³-hybridized carbons (Fsp3) is 0.333. The van der Waals surface area contributed by atoms with Crippen molar-refractivity contribution in [1.82, 2.24) is 15.2 Å². The second-order valence-corrected chi connectivity index (χ2v) is 9.59. The molecule has 3 amide bonds. The smallest absolute Gasteiger partial charge is 0.352 e. The molecule has 1 aromatic rings. The number of halogens is 1. The topological polar surface area (TPSA) is 150 Å². The first kappa shape index (κ1) is 21.3. The van der Waals surface area contributed by atoms with Crippen LogP contribution in [0.4, 0.5) is 5.13 Å². The van der Waals surface area contributed by atoms with Crippen LogP contribution in [0.25, 0.3) is 0 Å². The maximum atomic E-state index is 12.8. The van der Waals surface area contributed by atoms with Crippen LogP contribution < -0.4 is 10.6 Å². The van der Waals surface area contributed by atoms with Crippen molar-refractivity contribution < 1.29 is 29.1 Å². The molecule has 0 aromatic carbocycles. The van der Waals surface area contributed by atoms with Gasteiger partial charge in [-0.1, -0.05) is 16.5 Å². The number of nitrogens with zero attached hydrogens (tertiary/aromatic N) is 3. The van der Waals surface area contributed by atoms with E-state index in [0.717, 1.165) is 16.2 Å². The molecule has 1 fully saturated rings. The zero-order valence-corrected chi connectivity index (χ0v) is 18.1. The number of hydrogen-bond donors (Lipinski definition) is 3. The molecule has 154 valence electrons. The Morgan fingerprint density at radius 3 is 2.83 bits per heavy atom. The minimum absolute atomic E-state index is 0.102. The van der Waals surface area contributed by atoms with E-state index in [-0.39, 0.29) is 27.5 Å². The molecule has 3 atom stereocenters. The molecule has 29 heavy (non-hydrogen) atoms. The Kier molecular flexibility index (Phi) is 6.24. The lowest BCUT2D eigenvalue weighted by atomic mass is 10.0. The Labute approximate surface area is 180 Å². The van der Waals surface area contributed by atoms with E-state index in [1.165, 1.54) is 24.9 Å². The summed E-state index contributed by atoms with van der Waals surface area (Å²) in [7, 11) is 1.25. The molecular formula is C15H14BrN5O6S2. The van der Waals surface area contributed by atoms with E-state index < -0.39 is 29.2 Å². The standard InChI is InChI=1S/C15H14BrN5O6S2/c1-5-3-6(14(25)26)21-12(24)9(13(21)28-5)18-11(23)8(20-27-2)7-10(16)29-15(19-7)17-4-22/h3-5,9,13H,1-2H3,(H,18,23)(H,25,26)(H,17,19,22)/t5?,9?,13-/m0/s1. The summed E-state index contributed by atoms with van der Waals surface area (Å²) in [5.74, 6) is -2.47. The molecule has 2 unspecified atom stereocenters.